The van der Waals surface area contributed by atoms with Crippen molar-refractivity contribution in [3.63, 3.8) is 0 Å². The molecule has 2 aliphatic rings. The van der Waals surface area contributed by atoms with Crippen LogP contribution in [0.1, 0.15) is 40.2 Å². The van der Waals surface area contributed by atoms with Crippen LogP contribution in [0.25, 0.3) is 0 Å². The Morgan fingerprint density at radius 3 is 2.32 bits per heavy atom. The largest absolute Gasteiger partial charge is 0.337 e. The molecule has 4 rings (SSSR count). The van der Waals surface area contributed by atoms with Gasteiger partial charge in [-0.05, 0) is 42.9 Å². The number of carbonyl (C=O) groups is 1. The first kappa shape index (κ1) is 13.6. The zero-order chi connectivity index (χ0) is 15.2. The van der Waals surface area contributed by atoms with Crippen molar-refractivity contribution in [2.24, 2.45) is 5.41 Å². The van der Waals surface area contributed by atoms with Gasteiger partial charge in [0.1, 0.15) is 0 Å². The van der Waals surface area contributed by atoms with Gasteiger partial charge in [-0.3, -0.25) is 4.79 Å². The topological polar surface area (TPSA) is 20.3 Å². The van der Waals surface area contributed by atoms with Crippen LogP contribution in [-0.4, -0.2) is 23.9 Å². The van der Waals surface area contributed by atoms with Gasteiger partial charge >= 0.3 is 0 Å². The maximum absolute atomic E-state index is 12.6. The Balaban J connectivity index is 1.38. The van der Waals surface area contributed by atoms with Crippen LogP contribution in [0.4, 0.5) is 0 Å². The molecule has 1 aliphatic carbocycles. The van der Waals surface area contributed by atoms with Crippen LogP contribution in [0.15, 0.2) is 54.6 Å². The van der Waals surface area contributed by atoms with Gasteiger partial charge in [-0.2, -0.15) is 0 Å². The summed E-state index contributed by atoms with van der Waals surface area (Å²) in [5.41, 5.74) is 3.79. The lowest BCUT2D eigenvalue weighted by Gasteiger charge is -2.59. The average Bonchev–Trinajstić information content (AvgIpc) is 2.46. The number of carbonyl (C=O) groups excluding carboxylic acids is 1. The molecule has 1 saturated heterocycles. The zero-order valence-corrected chi connectivity index (χ0v) is 13.0. The van der Waals surface area contributed by atoms with E-state index in [9.17, 15) is 4.79 Å². The lowest BCUT2D eigenvalue weighted by atomic mass is 9.56. The number of amides is 1. The van der Waals surface area contributed by atoms with Crippen LogP contribution in [0.3, 0.4) is 0 Å². The minimum absolute atomic E-state index is 0.201. The maximum Gasteiger partial charge on any atom is 0.254 e. The second-order valence-electron chi connectivity index (χ2n) is 6.99. The predicted molar refractivity (Wildman–Crippen MR) is 87.9 cm³/mol. The summed E-state index contributed by atoms with van der Waals surface area (Å²) in [5.74, 6) is 0.892. The van der Waals surface area contributed by atoms with Crippen molar-refractivity contribution in [1.29, 1.82) is 0 Å². The van der Waals surface area contributed by atoms with Gasteiger partial charge in [0.15, 0.2) is 0 Å². The highest BCUT2D eigenvalue weighted by Gasteiger charge is 2.53. The van der Waals surface area contributed by atoms with E-state index in [0.29, 0.717) is 11.3 Å². The minimum Gasteiger partial charge on any atom is -0.337 e. The molecule has 0 atom stereocenters. The van der Waals surface area contributed by atoms with Gasteiger partial charge in [-0.15, -0.1) is 0 Å². The number of hydrogen-bond donors (Lipinski definition) is 0. The summed E-state index contributed by atoms with van der Waals surface area (Å²) >= 11 is 0. The number of benzene rings is 2. The molecule has 112 valence electrons. The van der Waals surface area contributed by atoms with Crippen LogP contribution in [0, 0.1) is 12.3 Å². The predicted octanol–water partition coefficient (Wildman–Crippen LogP) is 4.01. The molecular formula is C20H21NO. The van der Waals surface area contributed by atoms with Crippen molar-refractivity contribution in [1.82, 2.24) is 4.90 Å². The van der Waals surface area contributed by atoms with Crippen LogP contribution >= 0.6 is 0 Å². The third kappa shape index (κ3) is 2.14. The number of rotatable bonds is 2. The summed E-state index contributed by atoms with van der Waals surface area (Å²) < 4.78 is 0. The summed E-state index contributed by atoms with van der Waals surface area (Å²) in [5, 5.41) is 0. The fourth-order valence-corrected chi connectivity index (χ4v) is 4.09. The fourth-order valence-electron chi connectivity index (χ4n) is 4.09. The molecule has 2 aromatic rings. The first-order valence-corrected chi connectivity index (χ1v) is 8.07. The quantitative estimate of drug-likeness (QED) is 0.818. The van der Waals surface area contributed by atoms with E-state index in [2.05, 4.69) is 30.3 Å². The van der Waals surface area contributed by atoms with Gasteiger partial charge in [0.25, 0.3) is 5.91 Å². The van der Waals surface area contributed by atoms with E-state index in [1.165, 1.54) is 18.4 Å². The van der Waals surface area contributed by atoms with Gasteiger partial charge in [0, 0.05) is 24.1 Å². The Hall–Kier alpha value is -2.09. The minimum atomic E-state index is 0.201. The third-order valence-corrected chi connectivity index (χ3v) is 5.35. The molecule has 1 saturated carbocycles. The Labute approximate surface area is 131 Å². The van der Waals surface area contributed by atoms with E-state index in [-0.39, 0.29) is 5.91 Å². The molecule has 2 aromatic carbocycles. The molecule has 0 bridgehead atoms. The van der Waals surface area contributed by atoms with Gasteiger partial charge in [0.2, 0.25) is 0 Å². The molecule has 2 nitrogen and oxygen atoms in total. The molecule has 1 spiro atoms. The highest BCUT2D eigenvalue weighted by Crippen LogP contribution is 2.56. The van der Waals surface area contributed by atoms with Crippen LogP contribution in [-0.2, 0) is 0 Å². The highest BCUT2D eigenvalue weighted by atomic mass is 16.2. The Morgan fingerprint density at radius 1 is 1.00 bits per heavy atom. The van der Waals surface area contributed by atoms with Gasteiger partial charge in [-0.25, -0.2) is 0 Å². The van der Waals surface area contributed by atoms with Crippen molar-refractivity contribution < 1.29 is 4.79 Å². The monoisotopic (exact) mass is 291 g/mol. The number of nitrogens with zero attached hydrogens (tertiary/aromatic N) is 1. The second kappa shape index (κ2) is 4.98. The highest BCUT2D eigenvalue weighted by molar-refractivity contribution is 5.96. The van der Waals surface area contributed by atoms with E-state index in [0.717, 1.165) is 24.2 Å². The number of likely N-dealkylation sites (tertiary alicyclic amines) is 1. The molecule has 1 amide bonds. The van der Waals surface area contributed by atoms with Gasteiger partial charge in [-0.1, -0.05) is 48.5 Å². The molecule has 0 aromatic heterocycles. The van der Waals surface area contributed by atoms with E-state index >= 15 is 0 Å². The van der Waals surface area contributed by atoms with Crippen LogP contribution in [0.2, 0.25) is 0 Å². The lowest BCUT2D eigenvalue weighted by Crippen LogP contribution is -2.63. The first-order valence-electron chi connectivity index (χ1n) is 8.07. The SMILES string of the molecule is Cc1ccccc1C(=O)N1CC2(CC(c3ccccc3)C2)C1. The van der Waals surface area contributed by atoms with Crippen molar-refractivity contribution >= 4 is 5.91 Å². The summed E-state index contributed by atoms with van der Waals surface area (Å²) in [7, 11) is 0. The summed E-state index contributed by atoms with van der Waals surface area (Å²) in [6.45, 7) is 3.88. The lowest BCUT2D eigenvalue weighted by molar-refractivity contribution is -0.0554. The molecule has 0 N–H and O–H groups in total. The average molecular weight is 291 g/mol. The third-order valence-electron chi connectivity index (χ3n) is 5.35. The fraction of sp³-hybridized carbons (Fsp3) is 0.350. The summed E-state index contributed by atoms with van der Waals surface area (Å²) in [4.78, 5) is 14.6. The molecule has 2 fully saturated rings. The van der Waals surface area contributed by atoms with Crippen molar-refractivity contribution in [2.75, 3.05) is 13.1 Å². The normalized spacial score (nSPS) is 19.6. The molecule has 0 unspecified atom stereocenters. The zero-order valence-electron chi connectivity index (χ0n) is 13.0. The molecule has 1 heterocycles. The van der Waals surface area contributed by atoms with E-state index in [1.54, 1.807) is 0 Å². The Kier molecular flexibility index (Phi) is 3.07. The Morgan fingerprint density at radius 2 is 1.64 bits per heavy atom. The molecule has 22 heavy (non-hydrogen) atoms. The summed E-state index contributed by atoms with van der Waals surface area (Å²) in [6, 6.07) is 18.7. The van der Waals surface area contributed by atoms with E-state index in [1.807, 2.05) is 36.1 Å². The van der Waals surface area contributed by atoms with Crippen LogP contribution in [0.5, 0.6) is 0 Å². The first-order chi connectivity index (χ1) is 10.7. The van der Waals surface area contributed by atoms with Gasteiger partial charge in [0.05, 0.1) is 0 Å². The van der Waals surface area contributed by atoms with Crippen LogP contribution < -0.4 is 0 Å². The van der Waals surface area contributed by atoms with Gasteiger partial charge < -0.3 is 4.90 Å². The second-order valence-corrected chi connectivity index (χ2v) is 6.99. The maximum atomic E-state index is 12.6. The van der Waals surface area contributed by atoms with E-state index in [4.69, 9.17) is 0 Å². The number of hydrogen-bond acceptors (Lipinski definition) is 1. The molecule has 2 heteroatoms. The van der Waals surface area contributed by atoms with Crippen molar-refractivity contribution in [2.45, 2.75) is 25.7 Å². The smallest absolute Gasteiger partial charge is 0.254 e. The van der Waals surface area contributed by atoms with Crippen molar-refractivity contribution in [3.8, 4) is 0 Å². The summed E-state index contributed by atoms with van der Waals surface area (Å²) in [6.07, 6.45) is 2.46. The standard InChI is InChI=1S/C20H21NO/c1-15-7-5-6-10-18(15)19(22)21-13-20(14-21)11-17(12-20)16-8-3-2-4-9-16/h2-10,17H,11-14H2,1H3. The Bertz CT molecular complexity index is 693. The molecule has 1 aliphatic heterocycles. The molecule has 0 radical (unpaired) electrons. The van der Waals surface area contributed by atoms with E-state index < -0.39 is 0 Å². The van der Waals surface area contributed by atoms with Crippen molar-refractivity contribution in [3.05, 3.63) is 71.3 Å². The number of aryl methyl sites for hydroxylation is 1. The molecular weight excluding hydrogens is 270 g/mol.